The second-order valence-corrected chi connectivity index (χ2v) is 3.95. The number of rotatable bonds is 6. The molecule has 0 aromatic heterocycles. The minimum absolute atomic E-state index is 0.145. The number of nitro groups is 1. The van der Waals surface area contributed by atoms with Gasteiger partial charge in [0.1, 0.15) is 6.61 Å². The zero-order chi connectivity index (χ0) is 13.7. The third-order valence-corrected chi connectivity index (χ3v) is 2.11. The number of nitrogens with one attached hydrogen (secondary N) is 1. The van der Waals surface area contributed by atoms with E-state index in [1.165, 1.54) is 0 Å². The van der Waals surface area contributed by atoms with E-state index in [4.69, 9.17) is 4.74 Å². The molecule has 0 fully saturated rings. The van der Waals surface area contributed by atoms with Crippen LogP contribution in [-0.4, -0.2) is 24.1 Å². The lowest BCUT2D eigenvalue weighted by Crippen LogP contribution is -2.27. The van der Waals surface area contributed by atoms with Crippen LogP contribution in [0, 0.1) is 21.7 Å². The lowest BCUT2D eigenvalue weighted by Gasteiger charge is -2.10. The third-order valence-electron chi connectivity index (χ3n) is 2.11. The Morgan fingerprint density at radius 1 is 1.39 bits per heavy atom. The summed E-state index contributed by atoms with van der Waals surface area (Å²) < 4.78 is 31.6. The normalized spacial score (nSPS) is 10.7. The SMILES string of the molecule is CC(C)NCCOc1cc(F)c([N+](=O)[O-])cc1F. The Morgan fingerprint density at radius 2 is 2.06 bits per heavy atom. The number of hydrogen-bond acceptors (Lipinski definition) is 4. The predicted molar refractivity (Wildman–Crippen MR) is 61.6 cm³/mol. The van der Waals surface area contributed by atoms with E-state index in [2.05, 4.69) is 5.32 Å². The van der Waals surface area contributed by atoms with Crippen LogP contribution in [0.5, 0.6) is 5.75 Å². The van der Waals surface area contributed by atoms with E-state index in [1.807, 2.05) is 13.8 Å². The lowest BCUT2D eigenvalue weighted by atomic mass is 10.3. The summed E-state index contributed by atoms with van der Waals surface area (Å²) in [7, 11) is 0. The Hall–Kier alpha value is -1.76. The first kappa shape index (κ1) is 14.3. The van der Waals surface area contributed by atoms with Crippen LogP contribution < -0.4 is 10.1 Å². The van der Waals surface area contributed by atoms with Crippen LogP contribution in [0.2, 0.25) is 0 Å². The molecule has 0 bridgehead atoms. The molecule has 1 aromatic rings. The Morgan fingerprint density at radius 3 is 2.61 bits per heavy atom. The van der Waals surface area contributed by atoms with Gasteiger partial charge in [0.05, 0.1) is 11.0 Å². The molecule has 1 N–H and O–H groups in total. The minimum atomic E-state index is -1.12. The van der Waals surface area contributed by atoms with Gasteiger partial charge < -0.3 is 10.1 Å². The quantitative estimate of drug-likeness (QED) is 0.484. The summed E-state index contributed by atoms with van der Waals surface area (Å²) in [5, 5.41) is 13.4. The predicted octanol–water partition coefficient (Wildman–Crippen LogP) is 2.25. The molecular weight excluding hydrogens is 246 g/mol. The molecule has 0 saturated carbocycles. The average Bonchev–Trinajstić information content (AvgIpc) is 2.27. The number of nitrogens with zero attached hydrogens (tertiary/aromatic N) is 1. The van der Waals surface area contributed by atoms with Gasteiger partial charge >= 0.3 is 5.69 Å². The molecule has 100 valence electrons. The van der Waals surface area contributed by atoms with E-state index in [0.717, 1.165) is 0 Å². The van der Waals surface area contributed by atoms with E-state index in [1.54, 1.807) is 0 Å². The van der Waals surface area contributed by atoms with Crippen molar-refractivity contribution >= 4 is 5.69 Å². The van der Waals surface area contributed by atoms with Crippen molar-refractivity contribution in [3.63, 3.8) is 0 Å². The fraction of sp³-hybridized carbons (Fsp3) is 0.455. The first-order valence-corrected chi connectivity index (χ1v) is 5.41. The van der Waals surface area contributed by atoms with Crippen LogP contribution >= 0.6 is 0 Å². The van der Waals surface area contributed by atoms with E-state index >= 15 is 0 Å². The number of halogens is 2. The van der Waals surface area contributed by atoms with Crippen molar-refractivity contribution in [2.45, 2.75) is 19.9 Å². The lowest BCUT2D eigenvalue weighted by molar-refractivity contribution is -0.387. The molecule has 0 aliphatic heterocycles. The van der Waals surface area contributed by atoms with Gasteiger partial charge in [0.15, 0.2) is 11.6 Å². The van der Waals surface area contributed by atoms with Crippen molar-refractivity contribution in [2.24, 2.45) is 0 Å². The van der Waals surface area contributed by atoms with Crippen LogP contribution in [0.3, 0.4) is 0 Å². The first-order chi connectivity index (χ1) is 8.41. The highest BCUT2D eigenvalue weighted by molar-refractivity contribution is 5.39. The van der Waals surface area contributed by atoms with Crippen LogP contribution in [0.1, 0.15) is 13.8 Å². The first-order valence-electron chi connectivity index (χ1n) is 5.41. The highest BCUT2D eigenvalue weighted by Gasteiger charge is 2.19. The van der Waals surface area contributed by atoms with E-state index in [0.29, 0.717) is 18.7 Å². The van der Waals surface area contributed by atoms with Gasteiger partial charge in [0, 0.05) is 18.7 Å². The van der Waals surface area contributed by atoms with Crippen molar-refractivity contribution in [1.29, 1.82) is 0 Å². The third kappa shape index (κ3) is 3.92. The maximum Gasteiger partial charge on any atom is 0.307 e. The zero-order valence-electron chi connectivity index (χ0n) is 10.1. The maximum atomic E-state index is 13.4. The van der Waals surface area contributed by atoms with Crippen LogP contribution in [0.15, 0.2) is 12.1 Å². The van der Waals surface area contributed by atoms with Crippen molar-refractivity contribution in [3.05, 3.63) is 33.9 Å². The number of ether oxygens (including phenoxy) is 1. The maximum absolute atomic E-state index is 13.4. The summed E-state index contributed by atoms with van der Waals surface area (Å²) >= 11 is 0. The molecule has 5 nitrogen and oxygen atoms in total. The van der Waals surface area contributed by atoms with Gasteiger partial charge in [0.2, 0.25) is 5.82 Å². The standard InChI is InChI=1S/C11H14F2N2O3/c1-7(2)14-3-4-18-11-6-8(12)10(15(16)17)5-9(11)13/h5-7,14H,3-4H2,1-2H3. The van der Waals surface area contributed by atoms with Crippen LogP contribution in [0.4, 0.5) is 14.5 Å². The van der Waals surface area contributed by atoms with Crippen molar-refractivity contribution in [2.75, 3.05) is 13.2 Å². The van der Waals surface area contributed by atoms with Gasteiger partial charge in [-0.2, -0.15) is 4.39 Å². The Bertz CT molecular complexity index is 439. The molecule has 1 rings (SSSR count). The van der Waals surface area contributed by atoms with Crippen LogP contribution in [0.25, 0.3) is 0 Å². The fourth-order valence-electron chi connectivity index (χ4n) is 1.28. The fourth-order valence-corrected chi connectivity index (χ4v) is 1.28. The van der Waals surface area contributed by atoms with Crippen molar-refractivity contribution in [1.82, 2.24) is 5.32 Å². The van der Waals surface area contributed by atoms with E-state index in [-0.39, 0.29) is 18.4 Å². The summed E-state index contributed by atoms with van der Waals surface area (Å²) in [5.41, 5.74) is -0.903. The van der Waals surface area contributed by atoms with Gasteiger partial charge in [0.25, 0.3) is 0 Å². The summed E-state index contributed by atoms with van der Waals surface area (Å²) in [6.45, 7) is 4.49. The number of nitro benzene ring substituents is 1. The highest BCUT2D eigenvalue weighted by atomic mass is 19.1. The molecule has 0 aliphatic rings. The Balaban J connectivity index is 2.67. The van der Waals surface area contributed by atoms with Gasteiger partial charge in [-0.3, -0.25) is 10.1 Å². The molecule has 0 spiro atoms. The Kier molecular flexibility index (Phi) is 4.96. The van der Waals surface area contributed by atoms with Crippen molar-refractivity contribution < 1.29 is 18.4 Å². The van der Waals surface area contributed by atoms with E-state index in [9.17, 15) is 18.9 Å². The molecular formula is C11H14F2N2O3. The van der Waals surface area contributed by atoms with Crippen LogP contribution in [-0.2, 0) is 0 Å². The molecule has 0 amide bonds. The zero-order valence-corrected chi connectivity index (χ0v) is 10.1. The molecule has 18 heavy (non-hydrogen) atoms. The summed E-state index contributed by atoms with van der Waals surface area (Å²) in [6.07, 6.45) is 0. The topological polar surface area (TPSA) is 64.4 Å². The van der Waals surface area contributed by atoms with Gasteiger partial charge in [-0.15, -0.1) is 0 Å². The largest absolute Gasteiger partial charge is 0.489 e. The minimum Gasteiger partial charge on any atom is -0.489 e. The second kappa shape index (κ2) is 6.25. The molecule has 0 heterocycles. The molecule has 1 aromatic carbocycles. The summed E-state index contributed by atoms with van der Waals surface area (Å²) in [6, 6.07) is 1.45. The highest BCUT2D eigenvalue weighted by Crippen LogP contribution is 2.26. The van der Waals surface area contributed by atoms with Gasteiger partial charge in [-0.05, 0) is 0 Å². The summed E-state index contributed by atoms with van der Waals surface area (Å²) in [5.74, 6) is -2.40. The number of benzene rings is 1. The van der Waals surface area contributed by atoms with E-state index < -0.39 is 22.2 Å². The molecule has 0 atom stereocenters. The number of hydrogen-bond donors (Lipinski definition) is 1. The monoisotopic (exact) mass is 260 g/mol. The molecule has 0 saturated heterocycles. The molecule has 0 aliphatic carbocycles. The summed E-state index contributed by atoms with van der Waals surface area (Å²) in [4.78, 5) is 9.39. The van der Waals surface area contributed by atoms with Gasteiger partial charge in [-0.25, -0.2) is 4.39 Å². The average molecular weight is 260 g/mol. The molecule has 7 heteroatoms. The molecule has 0 unspecified atom stereocenters. The molecule has 0 radical (unpaired) electrons. The smallest absolute Gasteiger partial charge is 0.307 e. The van der Waals surface area contributed by atoms with Crippen molar-refractivity contribution in [3.8, 4) is 5.75 Å². The Labute approximate surface area is 103 Å². The van der Waals surface area contributed by atoms with Gasteiger partial charge in [-0.1, -0.05) is 13.8 Å². The second-order valence-electron chi connectivity index (χ2n) is 3.95.